The number of piperazine rings is 1. The van der Waals surface area contributed by atoms with Gasteiger partial charge in [-0.25, -0.2) is 9.78 Å². The molecule has 1 aliphatic rings. The number of benzene rings is 1. The van der Waals surface area contributed by atoms with Crippen molar-refractivity contribution in [2.24, 2.45) is 0 Å². The lowest BCUT2D eigenvalue weighted by molar-refractivity contribution is -0.121. The molecule has 1 aliphatic heterocycles. The number of thiophene rings is 1. The van der Waals surface area contributed by atoms with Gasteiger partial charge in [-0.2, -0.15) is 0 Å². The number of aromatic nitrogens is 1. The molecular formula is C23H27N5O2S2. The van der Waals surface area contributed by atoms with E-state index in [0.29, 0.717) is 6.54 Å². The second kappa shape index (κ2) is 11.3. The Bertz CT molecular complexity index is 999. The van der Waals surface area contributed by atoms with Crippen LogP contribution in [-0.4, -0.2) is 66.0 Å². The number of imide groups is 1. The second-order valence-corrected chi connectivity index (χ2v) is 9.59. The molecule has 0 spiro atoms. The molecule has 3 amide bonds. The first-order valence-electron chi connectivity index (χ1n) is 10.7. The average Bonchev–Trinajstić information content (AvgIpc) is 3.48. The highest BCUT2D eigenvalue weighted by molar-refractivity contribution is 7.13. The third-order valence-corrected chi connectivity index (χ3v) is 7.16. The summed E-state index contributed by atoms with van der Waals surface area (Å²) in [4.78, 5) is 34.5. The van der Waals surface area contributed by atoms with E-state index >= 15 is 0 Å². The van der Waals surface area contributed by atoms with Crippen molar-refractivity contribution >= 4 is 34.6 Å². The number of nitrogens with one attached hydrogen (secondary N) is 2. The molecular weight excluding hydrogens is 442 g/mol. The van der Waals surface area contributed by atoms with Crippen molar-refractivity contribution in [2.75, 3.05) is 39.3 Å². The van der Waals surface area contributed by atoms with Crippen LogP contribution in [0.3, 0.4) is 0 Å². The third-order valence-electron chi connectivity index (χ3n) is 5.28. The fraction of sp³-hybridized carbons (Fsp3) is 0.348. The van der Waals surface area contributed by atoms with E-state index in [1.807, 2.05) is 35.7 Å². The maximum atomic E-state index is 12.2. The molecule has 2 N–H and O–H groups in total. The van der Waals surface area contributed by atoms with Gasteiger partial charge in [0.15, 0.2) is 0 Å². The summed E-state index contributed by atoms with van der Waals surface area (Å²) in [6, 6.07) is 13.8. The van der Waals surface area contributed by atoms with Gasteiger partial charge in [-0.1, -0.05) is 36.4 Å². The molecule has 1 aromatic carbocycles. The van der Waals surface area contributed by atoms with Gasteiger partial charge in [0, 0.05) is 55.1 Å². The van der Waals surface area contributed by atoms with Crippen LogP contribution in [0, 0.1) is 0 Å². The van der Waals surface area contributed by atoms with E-state index < -0.39 is 6.03 Å². The van der Waals surface area contributed by atoms with Gasteiger partial charge in [0.25, 0.3) is 0 Å². The summed E-state index contributed by atoms with van der Waals surface area (Å²) in [7, 11) is 0. The van der Waals surface area contributed by atoms with Crippen LogP contribution in [-0.2, 0) is 17.8 Å². The van der Waals surface area contributed by atoms with Crippen molar-refractivity contribution in [3.05, 3.63) is 63.8 Å². The van der Waals surface area contributed by atoms with Crippen LogP contribution in [0.15, 0.2) is 53.2 Å². The molecule has 1 fully saturated rings. The van der Waals surface area contributed by atoms with Gasteiger partial charge >= 0.3 is 6.03 Å². The van der Waals surface area contributed by atoms with Crippen molar-refractivity contribution in [3.63, 3.8) is 0 Å². The van der Waals surface area contributed by atoms with Crippen LogP contribution in [0.2, 0.25) is 0 Å². The van der Waals surface area contributed by atoms with E-state index in [4.69, 9.17) is 4.98 Å². The first-order valence-corrected chi connectivity index (χ1v) is 12.5. The normalized spacial score (nSPS) is 14.9. The summed E-state index contributed by atoms with van der Waals surface area (Å²) in [5.41, 5.74) is 2.23. The van der Waals surface area contributed by atoms with E-state index in [1.165, 1.54) is 4.88 Å². The van der Waals surface area contributed by atoms with E-state index in [-0.39, 0.29) is 12.5 Å². The lowest BCUT2D eigenvalue weighted by atomic mass is 10.2. The monoisotopic (exact) mass is 469 g/mol. The first-order chi connectivity index (χ1) is 15.7. The van der Waals surface area contributed by atoms with Crippen molar-refractivity contribution < 1.29 is 9.59 Å². The van der Waals surface area contributed by atoms with Crippen LogP contribution >= 0.6 is 22.7 Å². The standard InChI is InChI=1S/C23H27N5O2S2/c29-21(26-23(30)24-9-8-20-7-4-14-31-20)16-28-12-10-27(11-13-28)15-19-17-32-22(25-19)18-5-2-1-3-6-18/h1-7,14,17H,8-13,15-16H2,(H2,24,26,29,30). The van der Waals surface area contributed by atoms with Crippen molar-refractivity contribution in [2.45, 2.75) is 13.0 Å². The number of hydrogen-bond donors (Lipinski definition) is 2. The summed E-state index contributed by atoms with van der Waals surface area (Å²) in [5, 5.41) is 10.3. The Morgan fingerprint density at radius 2 is 1.75 bits per heavy atom. The van der Waals surface area contributed by atoms with E-state index in [0.717, 1.165) is 55.4 Å². The maximum absolute atomic E-state index is 12.2. The molecule has 2 aromatic heterocycles. The Kier molecular flexibility index (Phi) is 8.00. The molecule has 0 saturated carbocycles. The molecule has 0 aliphatic carbocycles. The zero-order chi connectivity index (χ0) is 22.2. The second-order valence-electron chi connectivity index (χ2n) is 7.70. The maximum Gasteiger partial charge on any atom is 0.321 e. The van der Waals surface area contributed by atoms with E-state index in [1.54, 1.807) is 22.7 Å². The van der Waals surface area contributed by atoms with Crippen LogP contribution in [0.25, 0.3) is 10.6 Å². The molecule has 32 heavy (non-hydrogen) atoms. The largest absolute Gasteiger partial charge is 0.337 e. The summed E-state index contributed by atoms with van der Waals surface area (Å²) < 4.78 is 0. The number of amides is 3. The zero-order valence-electron chi connectivity index (χ0n) is 17.8. The topological polar surface area (TPSA) is 77.6 Å². The summed E-state index contributed by atoms with van der Waals surface area (Å²) in [5.74, 6) is -0.265. The lowest BCUT2D eigenvalue weighted by Gasteiger charge is -2.33. The predicted molar refractivity (Wildman–Crippen MR) is 129 cm³/mol. The lowest BCUT2D eigenvalue weighted by Crippen LogP contribution is -2.50. The third kappa shape index (κ3) is 6.70. The Labute approximate surface area is 196 Å². The number of urea groups is 1. The fourth-order valence-electron chi connectivity index (χ4n) is 3.60. The SMILES string of the molecule is O=C(CN1CCN(Cc2csc(-c3ccccc3)n2)CC1)NC(=O)NCCc1cccs1. The molecule has 0 radical (unpaired) electrons. The minimum atomic E-state index is -0.428. The van der Waals surface area contributed by atoms with Gasteiger partial charge in [0.1, 0.15) is 5.01 Å². The minimum Gasteiger partial charge on any atom is -0.337 e. The van der Waals surface area contributed by atoms with Gasteiger partial charge < -0.3 is 5.32 Å². The summed E-state index contributed by atoms with van der Waals surface area (Å²) in [6.07, 6.45) is 0.771. The summed E-state index contributed by atoms with van der Waals surface area (Å²) >= 11 is 3.33. The Hall–Kier alpha value is -2.59. The van der Waals surface area contributed by atoms with Crippen molar-refractivity contribution in [1.82, 2.24) is 25.4 Å². The number of thiazole rings is 1. The van der Waals surface area contributed by atoms with Gasteiger partial charge in [-0.15, -0.1) is 22.7 Å². The molecule has 9 heteroatoms. The van der Waals surface area contributed by atoms with Gasteiger partial charge in [-0.3, -0.25) is 19.9 Å². The van der Waals surface area contributed by atoms with E-state index in [2.05, 4.69) is 37.9 Å². The molecule has 3 aromatic rings. The van der Waals surface area contributed by atoms with Crippen molar-refractivity contribution in [1.29, 1.82) is 0 Å². The Morgan fingerprint density at radius 3 is 2.50 bits per heavy atom. The van der Waals surface area contributed by atoms with Crippen LogP contribution in [0.5, 0.6) is 0 Å². The molecule has 0 atom stereocenters. The van der Waals surface area contributed by atoms with Gasteiger partial charge in [-0.05, 0) is 17.9 Å². The number of carbonyl (C=O) groups is 2. The molecule has 168 valence electrons. The number of carbonyl (C=O) groups excluding carboxylic acids is 2. The van der Waals surface area contributed by atoms with Gasteiger partial charge in [0.2, 0.25) is 5.91 Å². The quantitative estimate of drug-likeness (QED) is 0.530. The number of rotatable bonds is 8. The van der Waals surface area contributed by atoms with E-state index in [9.17, 15) is 9.59 Å². The minimum absolute atomic E-state index is 0.237. The predicted octanol–water partition coefficient (Wildman–Crippen LogP) is 3.06. The highest BCUT2D eigenvalue weighted by atomic mass is 32.1. The smallest absolute Gasteiger partial charge is 0.321 e. The highest BCUT2D eigenvalue weighted by Crippen LogP contribution is 2.24. The Morgan fingerprint density at radius 1 is 0.969 bits per heavy atom. The molecule has 3 heterocycles. The summed E-state index contributed by atoms with van der Waals surface area (Å²) in [6.45, 7) is 4.90. The van der Waals surface area contributed by atoms with Crippen LogP contribution < -0.4 is 10.6 Å². The molecule has 7 nitrogen and oxygen atoms in total. The Balaban J connectivity index is 1.14. The number of nitrogens with zero attached hydrogens (tertiary/aromatic N) is 3. The zero-order valence-corrected chi connectivity index (χ0v) is 19.5. The highest BCUT2D eigenvalue weighted by Gasteiger charge is 2.20. The first kappa shape index (κ1) is 22.6. The van der Waals surface area contributed by atoms with Crippen molar-refractivity contribution in [3.8, 4) is 10.6 Å². The van der Waals surface area contributed by atoms with Gasteiger partial charge in [0.05, 0.1) is 12.2 Å². The average molecular weight is 470 g/mol. The molecule has 4 rings (SSSR count). The molecule has 0 unspecified atom stereocenters. The van der Waals surface area contributed by atoms with Crippen LogP contribution in [0.4, 0.5) is 4.79 Å². The van der Waals surface area contributed by atoms with Crippen LogP contribution in [0.1, 0.15) is 10.6 Å². The molecule has 1 saturated heterocycles. The number of hydrogen-bond acceptors (Lipinski definition) is 7. The fourth-order valence-corrected chi connectivity index (χ4v) is 5.12. The molecule has 0 bridgehead atoms.